The van der Waals surface area contributed by atoms with Crippen LogP contribution in [0, 0.1) is 11.6 Å². The van der Waals surface area contributed by atoms with Crippen molar-refractivity contribution in [2.24, 2.45) is 0 Å². The van der Waals surface area contributed by atoms with Crippen LogP contribution in [0.3, 0.4) is 0 Å². The molecule has 3 rings (SSSR count). The van der Waals surface area contributed by atoms with Crippen molar-refractivity contribution in [3.05, 3.63) is 66.5 Å². The summed E-state index contributed by atoms with van der Waals surface area (Å²) in [5.74, 6) is -0.472. The number of ether oxygens (including phenoxy) is 1. The van der Waals surface area contributed by atoms with Crippen molar-refractivity contribution in [1.82, 2.24) is 9.97 Å². The van der Waals surface area contributed by atoms with Gasteiger partial charge in [-0.1, -0.05) is 6.07 Å². The monoisotopic (exact) mass is 313 g/mol. The molecule has 0 fully saturated rings. The molecule has 0 atom stereocenters. The fraction of sp³-hybridized carbons (Fsp3) is 0.0588. The minimum atomic E-state index is -0.671. The average molecular weight is 313 g/mol. The topological polar surface area (TPSA) is 47.0 Å². The van der Waals surface area contributed by atoms with Crippen LogP contribution in [0.15, 0.2) is 54.9 Å². The molecule has 0 amide bonds. The number of aromatic nitrogens is 2. The molecule has 0 spiro atoms. The highest BCUT2D eigenvalue weighted by molar-refractivity contribution is 5.65. The number of para-hydroxylation sites is 1. The van der Waals surface area contributed by atoms with E-state index in [1.807, 2.05) is 6.07 Å². The van der Waals surface area contributed by atoms with Gasteiger partial charge in [0.15, 0.2) is 0 Å². The number of rotatable bonds is 4. The Morgan fingerprint density at radius 1 is 0.870 bits per heavy atom. The first-order valence-corrected chi connectivity index (χ1v) is 6.85. The first kappa shape index (κ1) is 14.9. The van der Waals surface area contributed by atoms with Gasteiger partial charge in [0.1, 0.15) is 23.1 Å². The fourth-order valence-corrected chi connectivity index (χ4v) is 2.06. The van der Waals surface area contributed by atoms with E-state index in [0.717, 1.165) is 11.1 Å². The largest absolute Gasteiger partial charge is 0.481 e. The van der Waals surface area contributed by atoms with Gasteiger partial charge < -0.3 is 10.1 Å². The number of halogens is 2. The molecule has 1 N–H and O–H groups in total. The maximum atomic E-state index is 13.6. The van der Waals surface area contributed by atoms with Crippen LogP contribution in [0.4, 0.5) is 20.3 Å². The van der Waals surface area contributed by atoms with E-state index in [4.69, 9.17) is 4.74 Å². The summed E-state index contributed by atoms with van der Waals surface area (Å²) in [4.78, 5) is 8.29. The van der Waals surface area contributed by atoms with Gasteiger partial charge in [-0.25, -0.2) is 18.7 Å². The summed E-state index contributed by atoms with van der Waals surface area (Å²) >= 11 is 0. The van der Waals surface area contributed by atoms with Crippen LogP contribution in [-0.4, -0.2) is 17.1 Å². The second-order valence-electron chi connectivity index (χ2n) is 4.74. The molecule has 0 aliphatic rings. The molecular formula is C17H13F2N3O. The summed E-state index contributed by atoms with van der Waals surface area (Å²) in [6.45, 7) is 0. The highest BCUT2D eigenvalue weighted by Crippen LogP contribution is 2.24. The zero-order valence-corrected chi connectivity index (χ0v) is 12.3. The van der Waals surface area contributed by atoms with Gasteiger partial charge in [0.25, 0.3) is 0 Å². The summed E-state index contributed by atoms with van der Waals surface area (Å²) in [6, 6.07) is 10.7. The van der Waals surface area contributed by atoms with Gasteiger partial charge in [-0.2, -0.15) is 0 Å². The zero-order valence-electron chi connectivity index (χ0n) is 12.3. The normalized spacial score (nSPS) is 10.4. The predicted octanol–water partition coefficient (Wildman–Crippen LogP) is 4.17. The van der Waals surface area contributed by atoms with Gasteiger partial charge in [0, 0.05) is 29.6 Å². The molecule has 0 unspecified atom stereocenters. The number of hydrogen-bond donors (Lipinski definition) is 1. The fourth-order valence-electron chi connectivity index (χ4n) is 2.06. The van der Waals surface area contributed by atoms with E-state index >= 15 is 0 Å². The van der Waals surface area contributed by atoms with E-state index in [1.165, 1.54) is 18.2 Å². The summed E-state index contributed by atoms with van der Waals surface area (Å²) in [5.41, 5.74) is 1.47. The minimum absolute atomic E-state index is 0.223. The highest BCUT2D eigenvalue weighted by Gasteiger charge is 2.09. The van der Waals surface area contributed by atoms with Crippen LogP contribution in [0.2, 0.25) is 0 Å². The molecule has 4 nitrogen and oxygen atoms in total. The Hall–Kier alpha value is -3.02. The first-order chi connectivity index (χ1) is 11.2. The van der Waals surface area contributed by atoms with Crippen LogP contribution in [0.25, 0.3) is 11.1 Å². The average Bonchev–Trinajstić information content (AvgIpc) is 2.59. The first-order valence-electron chi connectivity index (χ1n) is 6.85. The van der Waals surface area contributed by atoms with Gasteiger partial charge in [0.05, 0.1) is 7.11 Å². The maximum absolute atomic E-state index is 13.6. The van der Waals surface area contributed by atoms with E-state index in [0.29, 0.717) is 11.7 Å². The molecule has 2 heterocycles. The molecule has 23 heavy (non-hydrogen) atoms. The third-order valence-corrected chi connectivity index (χ3v) is 3.26. The standard InChI is InChI=1S/C17H13F2N3O/c1-23-16-8-6-12(10-21-16)11-5-7-15(20-9-11)22-17-13(18)3-2-4-14(17)19/h2-10H,1H3,(H,20,22). The molecule has 2 aromatic heterocycles. The lowest BCUT2D eigenvalue weighted by molar-refractivity contribution is 0.398. The molecule has 0 saturated heterocycles. The molecule has 3 aromatic rings. The Balaban J connectivity index is 1.81. The number of pyridine rings is 2. The number of anilines is 2. The molecule has 1 aromatic carbocycles. The second-order valence-corrected chi connectivity index (χ2v) is 4.74. The zero-order chi connectivity index (χ0) is 16.2. The van der Waals surface area contributed by atoms with Crippen LogP contribution < -0.4 is 10.1 Å². The lowest BCUT2D eigenvalue weighted by Crippen LogP contribution is -1.99. The SMILES string of the molecule is COc1ccc(-c2ccc(Nc3c(F)cccc3F)nc2)cn1. The summed E-state index contributed by atoms with van der Waals surface area (Å²) in [6.07, 6.45) is 3.27. The third kappa shape index (κ3) is 3.26. The third-order valence-electron chi connectivity index (χ3n) is 3.26. The van der Waals surface area contributed by atoms with E-state index < -0.39 is 11.6 Å². The predicted molar refractivity (Wildman–Crippen MR) is 83.7 cm³/mol. The number of nitrogens with zero attached hydrogens (tertiary/aromatic N) is 2. The van der Waals surface area contributed by atoms with Crippen molar-refractivity contribution >= 4 is 11.5 Å². The Bertz CT molecular complexity index is 785. The van der Waals surface area contributed by atoms with Crippen LogP contribution in [0.5, 0.6) is 5.88 Å². The molecule has 0 aliphatic carbocycles. The lowest BCUT2D eigenvalue weighted by atomic mass is 10.1. The molecule has 0 aliphatic heterocycles. The molecule has 116 valence electrons. The Morgan fingerprint density at radius 2 is 1.52 bits per heavy atom. The van der Waals surface area contributed by atoms with Crippen molar-refractivity contribution in [3.8, 4) is 17.0 Å². The van der Waals surface area contributed by atoms with Crippen molar-refractivity contribution < 1.29 is 13.5 Å². The molecule has 0 saturated carbocycles. The van der Waals surface area contributed by atoms with Crippen LogP contribution >= 0.6 is 0 Å². The quantitative estimate of drug-likeness (QED) is 0.785. The maximum Gasteiger partial charge on any atom is 0.212 e. The van der Waals surface area contributed by atoms with Crippen LogP contribution in [0.1, 0.15) is 0 Å². The highest BCUT2D eigenvalue weighted by atomic mass is 19.1. The van der Waals surface area contributed by atoms with Crippen molar-refractivity contribution in [2.75, 3.05) is 12.4 Å². The van der Waals surface area contributed by atoms with Crippen LogP contribution in [-0.2, 0) is 0 Å². The van der Waals surface area contributed by atoms with Gasteiger partial charge >= 0.3 is 0 Å². The van der Waals surface area contributed by atoms with Crippen molar-refractivity contribution in [2.45, 2.75) is 0 Å². The molecular weight excluding hydrogens is 300 g/mol. The summed E-state index contributed by atoms with van der Waals surface area (Å²) < 4.78 is 32.2. The van der Waals surface area contributed by atoms with E-state index in [9.17, 15) is 8.78 Å². The van der Waals surface area contributed by atoms with E-state index in [1.54, 1.807) is 37.7 Å². The Kier molecular flexibility index (Phi) is 4.14. The smallest absolute Gasteiger partial charge is 0.212 e. The molecule has 6 heteroatoms. The van der Waals surface area contributed by atoms with Gasteiger partial charge in [0.2, 0.25) is 5.88 Å². The van der Waals surface area contributed by atoms with Gasteiger partial charge in [-0.3, -0.25) is 0 Å². The summed E-state index contributed by atoms with van der Waals surface area (Å²) in [7, 11) is 1.55. The van der Waals surface area contributed by atoms with Crippen molar-refractivity contribution in [3.63, 3.8) is 0 Å². The number of hydrogen-bond acceptors (Lipinski definition) is 4. The number of nitrogens with one attached hydrogen (secondary N) is 1. The Morgan fingerprint density at radius 3 is 2.04 bits per heavy atom. The molecule has 0 radical (unpaired) electrons. The summed E-state index contributed by atoms with van der Waals surface area (Å²) in [5, 5.41) is 2.64. The lowest BCUT2D eigenvalue weighted by Gasteiger charge is -2.08. The number of methoxy groups -OCH3 is 1. The van der Waals surface area contributed by atoms with Crippen molar-refractivity contribution in [1.29, 1.82) is 0 Å². The number of benzene rings is 1. The molecule has 0 bridgehead atoms. The second kappa shape index (κ2) is 6.39. The Labute approximate surface area is 131 Å². The van der Waals surface area contributed by atoms with E-state index in [-0.39, 0.29) is 5.69 Å². The minimum Gasteiger partial charge on any atom is -0.481 e. The van der Waals surface area contributed by atoms with E-state index in [2.05, 4.69) is 15.3 Å². The van der Waals surface area contributed by atoms with Gasteiger partial charge in [-0.15, -0.1) is 0 Å². The van der Waals surface area contributed by atoms with Gasteiger partial charge in [-0.05, 0) is 30.3 Å².